The molecule has 0 aliphatic heterocycles. The minimum atomic E-state index is -0.182. The number of carbonyl (C=O) groups is 1. The Kier molecular flexibility index (Phi) is 5.47. The molecule has 2 rings (SSSR count). The van der Waals surface area contributed by atoms with E-state index in [9.17, 15) is 4.79 Å². The van der Waals surface area contributed by atoms with Crippen LogP contribution in [-0.2, 0) is 0 Å². The van der Waals surface area contributed by atoms with E-state index in [1.165, 1.54) is 0 Å². The van der Waals surface area contributed by atoms with Crippen molar-refractivity contribution in [2.45, 2.75) is 27.2 Å². The van der Waals surface area contributed by atoms with Crippen molar-refractivity contribution in [3.05, 3.63) is 47.5 Å². The zero-order chi connectivity index (χ0) is 15.9. The van der Waals surface area contributed by atoms with Crippen LogP contribution in [0.1, 0.15) is 36.2 Å². The largest absolute Gasteiger partial charge is 0.369 e. The predicted molar refractivity (Wildman–Crippen MR) is 89.1 cm³/mol. The average Bonchev–Trinajstić information content (AvgIpc) is 2.48. The molecule has 0 unspecified atom stereocenters. The highest BCUT2D eigenvalue weighted by molar-refractivity contribution is 6.03. The summed E-state index contributed by atoms with van der Waals surface area (Å²) in [6.45, 7) is 7.17. The number of hydrogen-bond acceptors (Lipinski definition) is 4. The fourth-order valence-corrected chi connectivity index (χ4v) is 1.96. The second-order valence-electron chi connectivity index (χ2n) is 5.74. The van der Waals surface area contributed by atoms with Gasteiger partial charge in [-0.3, -0.25) is 4.79 Å². The van der Waals surface area contributed by atoms with Gasteiger partial charge in [0.1, 0.15) is 5.82 Å². The normalized spacial score (nSPS) is 10.5. The van der Waals surface area contributed by atoms with Crippen molar-refractivity contribution >= 4 is 17.5 Å². The van der Waals surface area contributed by atoms with Crippen LogP contribution >= 0.6 is 0 Å². The maximum absolute atomic E-state index is 12.1. The van der Waals surface area contributed by atoms with E-state index >= 15 is 0 Å². The Morgan fingerprint density at radius 1 is 1.14 bits per heavy atom. The lowest BCUT2D eigenvalue weighted by Crippen LogP contribution is -2.14. The van der Waals surface area contributed by atoms with E-state index in [0.717, 1.165) is 18.5 Å². The highest BCUT2D eigenvalue weighted by Crippen LogP contribution is 2.10. The fraction of sp³-hybridized carbons (Fsp3) is 0.353. The highest BCUT2D eigenvalue weighted by Gasteiger charge is 2.07. The van der Waals surface area contributed by atoms with E-state index in [1.807, 2.05) is 31.2 Å². The second-order valence-corrected chi connectivity index (χ2v) is 5.74. The third-order valence-electron chi connectivity index (χ3n) is 3.21. The van der Waals surface area contributed by atoms with Crippen molar-refractivity contribution < 1.29 is 4.79 Å². The minimum Gasteiger partial charge on any atom is -0.369 e. The van der Waals surface area contributed by atoms with Crippen LogP contribution in [0, 0.1) is 12.8 Å². The molecule has 5 heteroatoms. The summed E-state index contributed by atoms with van der Waals surface area (Å²) in [7, 11) is 0. The molecule has 2 aromatic rings. The lowest BCUT2D eigenvalue weighted by Gasteiger charge is -2.08. The van der Waals surface area contributed by atoms with Gasteiger partial charge in [-0.15, -0.1) is 10.2 Å². The third kappa shape index (κ3) is 4.84. The topological polar surface area (TPSA) is 66.9 Å². The molecule has 0 saturated heterocycles. The van der Waals surface area contributed by atoms with Gasteiger partial charge in [-0.25, -0.2) is 0 Å². The van der Waals surface area contributed by atoms with E-state index in [1.54, 1.807) is 12.1 Å². The molecule has 0 radical (unpaired) electrons. The van der Waals surface area contributed by atoms with E-state index in [2.05, 4.69) is 34.7 Å². The molecule has 1 aromatic heterocycles. The number of aromatic nitrogens is 2. The monoisotopic (exact) mass is 298 g/mol. The molecule has 0 fully saturated rings. The van der Waals surface area contributed by atoms with Gasteiger partial charge in [-0.1, -0.05) is 31.5 Å². The number of aryl methyl sites for hydroxylation is 1. The summed E-state index contributed by atoms with van der Waals surface area (Å²) in [5, 5.41) is 14.0. The highest BCUT2D eigenvalue weighted by atomic mass is 16.1. The van der Waals surface area contributed by atoms with Crippen LogP contribution in [-0.4, -0.2) is 22.6 Å². The smallest absolute Gasteiger partial charge is 0.256 e. The first-order chi connectivity index (χ1) is 10.5. The van der Waals surface area contributed by atoms with Crippen molar-refractivity contribution in [1.82, 2.24) is 10.2 Å². The first kappa shape index (κ1) is 15.9. The molecule has 1 amide bonds. The Morgan fingerprint density at radius 2 is 1.86 bits per heavy atom. The van der Waals surface area contributed by atoms with Gasteiger partial charge >= 0.3 is 0 Å². The van der Waals surface area contributed by atoms with E-state index in [4.69, 9.17) is 0 Å². The molecular formula is C17H22N4O. The number of rotatable bonds is 6. The van der Waals surface area contributed by atoms with Crippen LogP contribution in [0.15, 0.2) is 36.4 Å². The number of carbonyl (C=O) groups excluding carboxylic acids is 1. The summed E-state index contributed by atoms with van der Waals surface area (Å²) in [6.07, 6.45) is 1.08. The standard InChI is InChI=1S/C17H22N4O/c1-12(2)9-10-18-15-7-8-16(21-20-15)19-17(22)14-6-4-5-13(3)11-14/h4-8,11-12H,9-10H2,1-3H3,(H,18,20)(H,19,21,22). The van der Waals surface area contributed by atoms with Crippen molar-refractivity contribution in [2.75, 3.05) is 17.2 Å². The molecule has 0 spiro atoms. The molecule has 0 atom stereocenters. The maximum Gasteiger partial charge on any atom is 0.256 e. The molecule has 1 aromatic carbocycles. The van der Waals surface area contributed by atoms with E-state index < -0.39 is 0 Å². The Balaban J connectivity index is 1.92. The van der Waals surface area contributed by atoms with Crippen molar-refractivity contribution in [2.24, 2.45) is 5.92 Å². The Hall–Kier alpha value is -2.43. The predicted octanol–water partition coefficient (Wildman–Crippen LogP) is 3.50. The minimum absolute atomic E-state index is 0.182. The van der Waals surface area contributed by atoms with Gasteiger partial charge in [0.15, 0.2) is 5.82 Å². The third-order valence-corrected chi connectivity index (χ3v) is 3.21. The molecule has 2 N–H and O–H groups in total. The molecule has 0 saturated carbocycles. The van der Waals surface area contributed by atoms with Crippen LogP contribution in [0.2, 0.25) is 0 Å². The maximum atomic E-state index is 12.1. The summed E-state index contributed by atoms with van der Waals surface area (Å²) in [5.74, 6) is 1.63. The van der Waals surface area contributed by atoms with Gasteiger partial charge < -0.3 is 10.6 Å². The average molecular weight is 298 g/mol. The molecular weight excluding hydrogens is 276 g/mol. The van der Waals surface area contributed by atoms with Gasteiger partial charge in [0.2, 0.25) is 0 Å². The van der Waals surface area contributed by atoms with E-state index in [-0.39, 0.29) is 5.91 Å². The summed E-state index contributed by atoms with van der Waals surface area (Å²) in [5.41, 5.74) is 1.66. The van der Waals surface area contributed by atoms with Gasteiger partial charge in [0, 0.05) is 12.1 Å². The Labute approximate surface area is 131 Å². The lowest BCUT2D eigenvalue weighted by atomic mass is 10.1. The summed E-state index contributed by atoms with van der Waals surface area (Å²) in [4.78, 5) is 12.1. The van der Waals surface area contributed by atoms with Crippen LogP contribution in [0.5, 0.6) is 0 Å². The molecule has 0 bridgehead atoms. The quantitative estimate of drug-likeness (QED) is 0.856. The number of hydrogen-bond donors (Lipinski definition) is 2. The fourth-order valence-electron chi connectivity index (χ4n) is 1.96. The van der Waals surface area contributed by atoms with Gasteiger partial charge in [0.25, 0.3) is 5.91 Å². The summed E-state index contributed by atoms with van der Waals surface area (Å²) in [6, 6.07) is 11.0. The van der Waals surface area contributed by atoms with Crippen molar-refractivity contribution in [3.63, 3.8) is 0 Å². The lowest BCUT2D eigenvalue weighted by molar-refractivity contribution is 0.102. The van der Waals surface area contributed by atoms with Crippen molar-refractivity contribution in [3.8, 4) is 0 Å². The van der Waals surface area contributed by atoms with E-state index in [0.29, 0.717) is 23.1 Å². The molecule has 22 heavy (non-hydrogen) atoms. The zero-order valence-corrected chi connectivity index (χ0v) is 13.3. The number of amides is 1. The summed E-state index contributed by atoms with van der Waals surface area (Å²) >= 11 is 0. The first-order valence-electron chi connectivity index (χ1n) is 7.50. The molecule has 5 nitrogen and oxygen atoms in total. The van der Waals surface area contributed by atoms with Crippen LogP contribution in [0.4, 0.5) is 11.6 Å². The number of anilines is 2. The first-order valence-corrected chi connectivity index (χ1v) is 7.50. The van der Waals surface area contributed by atoms with Crippen molar-refractivity contribution in [1.29, 1.82) is 0 Å². The Bertz CT molecular complexity index is 623. The van der Waals surface area contributed by atoms with Gasteiger partial charge in [-0.2, -0.15) is 0 Å². The van der Waals surface area contributed by atoms with Crippen LogP contribution < -0.4 is 10.6 Å². The van der Waals surface area contributed by atoms with Gasteiger partial charge in [0.05, 0.1) is 0 Å². The Morgan fingerprint density at radius 3 is 2.50 bits per heavy atom. The van der Waals surface area contributed by atoms with Crippen LogP contribution in [0.3, 0.4) is 0 Å². The molecule has 0 aliphatic carbocycles. The molecule has 1 heterocycles. The number of benzene rings is 1. The zero-order valence-electron chi connectivity index (χ0n) is 13.3. The SMILES string of the molecule is Cc1cccc(C(=O)Nc2ccc(NCCC(C)C)nn2)c1. The second kappa shape index (κ2) is 7.54. The van der Waals surface area contributed by atoms with Crippen LogP contribution in [0.25, 0.3) is 0 Å². The molecule has 116 valence electrons. The number of nitrogens with zero attached hydrogens (tertiary/aromatic N) is 2. The summed E-state index contributed by atoms with van der Waals surface area (Å²) < 4.78 is 0. The molecule has 0 aliphatic rings. The number of nitrogens with one attached hydrogen (secondary N) is 2. The van der Waals surface area contributed by atoms with Gasteiger partial charge in [-0.05, 0) is 43.5 Å².